The fraction of sp³-hybridized carbons (Fsp3) is 0.200. The van der Waals surface area contributed by atoms with Crippen molar-refractivity contribution in [2.75, 3.05) is 7.11 Å². The predicted octanol–water partition coefficient (Wildman–Crippen LogP) is 0.951. The number of hydrogen-bond acceptors (Lipinski definition) is 5. The number of carboxylic acid groups (broad SMARTS) is 1. The van der Waals surface area contributed by atoms with Crippen molar-refractivity contribution in [3.8, 4) is 11.4 Å². The Morgan fingerprint density at radius 3 is 2.94 bits per heavy atom. The van der Waals surface area contributed by atoms with E-state index in [1.54, 1.807) is 18.2 Å². The zero-order valence-corrected chi connectivity index (χ0v) is 10.1. The fourth-order valence-corrected chi connectivity index (χ4v) is 1.59. The number of ether oxygens (including phenoxy) is 1. The molecule has 0 aliphatic rings. The number of hydrogen-bond donors (Lipinski definition) is 1. The molecule has 0 radical (unpaired) electrons. The van der Waals surface area contributed by atoms with Gasteiger partial charge in [-0.3, -0.25) is 4.79 Å². The highest BCUT2D eigenvalue weighted by molar-refractivity contribution is 6.32. The maximum absolute atomic E-state index is 10.5. The van der Waals surface area contributed by atoms with Gasteiger partial charge >= 0.3 is 5.97 Å². The second-order valence-corrected chi connectivity index (χ2v) is 3.79. The summed E-state index contributed by atoms with van der Waals surface area (Å²) in [5.74, 6) is -0.344. The van der Waals surface area contributed by atoms with Crippen LogP contribution in [0.25, 0.3) is 5.69 Å². The fourth-order valence-electron chi connectivity index (χ4n) is 1.34. The van der Waals surface area contributed by atoms with E-state index < -0.39 is 5.97 Å². The Balaban J connectivity index is 2.28. The van der Waals surface area contributed by atoms with Crippen LogP contribution in [-0.2, 0) is 11.2 Å². The number of carboxylic acids is 1. The predicted molar refractivity (Wildman–Crippen MR) is 62.1 cm³/mol. The Morgan fingerprint density at radius 1 is 1.56 bits per heavy atom. The van der Waals surface area contributed by atoms with Gasteiger partial charge in [-0.15, -0.1) is 15.0 Å². The lowest BCUT2D eigenvalue weighted by molar-refractivity contribution is -0.136. The van der Waals surface area contributed by atoms with E-state index in [9.17, 15) is 4.79 Å². The van der Waals surface area contributed by atoms with Crippen molar-refractivity contribution < 1.29 is 14.6 Å². The van der Waals surface area contributed by atoms with E-state index in [1.807, 2.05) is 0 Å². The Hall–Kier alpha value is -2.15. The SMILES string of the molecule is COc1ccc(-n2nnc(CC(=O)O)n2)cc1Cl. The summed E-state index contributed by atoms with van der Waals surface area (Å²) in [6.45, 7) is 0. The highest BCUT2D eigenvalue weighted by atomic mass is 35.5. The van der Waals surface area contributed by atoms with Crippen molar-refractivity contribution in [1.29, 1.82) is 0 Å². The topological polar surface area (TPSA) is 90.1 Å². The molecule has 1 N–H and O–H groups in total. The molecule has 1 heterocycles. The number of carbonyl (C=O) groups is 1. The molecule has 0 bridgehead atoms. The minimum atomic E-state index is -1.01. The lowest BCUT2D eigenvalue weighted by Gasteiger charge is -2.04. The lowest BCUT2D eigenvalue weighted by atomic mass is 10.3. The summed E-state index contributed by atoms with van der Waals surface area (Å²) < 4.78 is 5.02. The molecule has 0 saturated heterocycles. The van der Waals surface area contributed by atoms with Gasteiger partial charge in [-0.2, -0.15) is 0 Å². The zero-order valence-electron chi connectivity index (χ0n) is 9.37. The molecule has 7 nitrogen and oxygen atoms in total. The van der Waals surface area contributed by atoms with Crippen LogP contribution >= 0.6 is 11.6 Å². The first kappa shape index (κ1) is 12.3. The van der Waals surface area contributed by atoms with Gasteiger partial charge in [0, 0.05) is 0 Å². The molecule has 0 amide bonds. The van der Waals surface area contributed by atoms with Crippen LogP contribution in [0.1, 0.15) is 5.82 Å². The molecule has 1 aromatic carbocycles. The van der Waals surface area contributed by atoms with E-state index in [1.165, 1.54) is 11.9 Å². The van der Waals surface area contributed by atoms with Crippen LogP contribution in [-0.4, -0.2) is 38.4 Å². The van der Waals surface area contributed by atoms with Crippen LogP contribution in [0, 0.1) is 0 Å². The quantitative estimate of drug-likeness (QED) is 0.888. The second kappa shape index (κ2) is 5.01. The van der Waals surface area contributed by atoms with Crippen molar-refractivity contribution in [2.24, 2.45) is 0 Å². The highest BCUT2D eigenvalue weighted by Crippen LogP contribution is 2.25. The standard InChI is InChI=1S/C10H9ClN4O3/c1-18-8-3-2-6(4-7(8)11)15-13-9(12-14-15)5-10(16)17/h2-4H,5H2,1H3,(H,16,17). The van der Waals surface area contributed by atoms with Crippen LogP contribution in [0.3, 0.4) is 0 Å². The largest absolute Gasteiger partial charge is 0.495 e. The van der Waals surface area contributed by atoms with Gasteiger partial charge in [-0.05, 0) is 23.4 Å². The summed E-state index contributed by atoms with van der Waals surface area (Å²) >= 11 is 5.96. The number of aromatic nitrogens is 4. The van der Waals surface area contributed by atoms with Gasteiger partial charge in [-0.1, -0.05) is 11.6 Å². The highest BCUT2D eigenvalue weighted by Gasteiger charge is 2.10. The minimum Gasteiger partial charge on any atom is -0.495 e. The molecule has 18 heavy (non-hydrogen) atoms. The van der Waals surface area contributed by atoms with Crippen molar-refractivity contribution in [3.05, 3.63) is 29.0 Å². The summed E-state index contributed by atoms with van der Waals surface area (Å²) in [6, 6.07) is 4.96. The molecule has 0 unspecified atom stereocenters. The number of tetrazole rings is 1. The van der Waals surface area contributed by atoms with Gasteiger partial charge in [0.2, 0.25) is 0 Å². The van der Waals surface area contributed by atoms with E-state index >= 15 is 0 Å². The molecule has 0 spiro atoms. The van der Waals surface area contributed by atoms with Crippen molar-refractivity contribution in [1.82, 2.24) is 20.2 Å². The van der Waals surface area contributed by atoms with Crippen molar-refractivity contribution in [3.63, 3.8) is 0 Å². The second-order valence-electron chi connectivity index (χ2n) is 3.38. The number of aliphatic carboxylic acids is 1. The maximum Gasteiger partial charge on any atom is 0.311 e. The Labute approximate surface area is 107 Å². The molecule has 0 saturated carbocycles. The molecule has 8 heteroatoms. The summed E-state index contributed by atoms with van der Waals surface area (Å²) in [7, 11) is 1.51. The Kier molecular flexibility index (Phi) is 3.42. The third-order valence-corrected chi connectivity index (χ3v) is 2.43. The number of rotatable bonds is 4. The van der Waals surface area contributed by atoms with E-state index in [-0.39, 0.29) is 12.2 Å². The molecule has 0 aliphatic heterocycles. The van der Waals surface area contributed by atoms with Crippen LogP contribution in [0.2, 0.25) is 5.02 Å². The molecule has 0 aliphatic carbocycles. The van der Waals surface area contributed by atoms with Crippen LogP contribution < -0.4 is 4.74 Å². The lowest BCUT2D eigenvalue weighted by Crippen LogP contribution is -2.03. The summed E-state index contributed by atoms with van der Waals surface area (Å²) in [6.07, 6.45) is -0.274. The molecule has 2 rings (SSSR count). The van der Waals surface area contributed by atoms with E-state index in [4.69, 9.17) is 21.4 Å². The van der Waals surface area contributed by atoms with Gasteiger partial charge in [0.1, 0.15) is 12.2 Å². The first-order valence-electron chi connectivity index (χ1n) is 4.95. The number of nitrogens with zero attached hydrogens (tertiary/aromatic N) is 4. The van der Waals surface area contributed by atoms with E-state index in [0.717, 1.165) is 0 Å². The molecule has 1 aromatic heterocycles. The van der Waals surface area contributed by atoms with Gasteiger partial charge in [0.15, 0.2) is 5.82 Å². The number of methoxy groups -OCH3 is 1. The van der Waals surface area contributed by atoms with Crippen LogP contribution in [0.15, 0.2) is 18.2 Å². The van der Waals surface area contributed by atoms with Gasteiger partial charge in [-0.25, -0.2) is 0 Å². The van der Waals surface area contributed by atoms with Crippen LogP contribution in [0.4, 0.5) is 0 Å². The third-order valence-electron chi connectivity index (χ3n) is 2.13. The van der Waals surface area contributed by atoms with E-state index in [0.29, 0.717) is 16.5 Å². The van der Waals surface area contributed by atoms with Gasteiger partial charge in [0.05, 0.1) is 17.8 Å². The third kappa shape index (κ3) is 2.57. The summed E-state index contributed by atoms with van der Waals surface area (Å²) in [5.41, 5.74) is 0.574. The molecule has 0 fully saturated rings. The van der Waals surface area contributed by atoms with Crippen molar-refractivity contribution in [2.45, 2.75) is 6.42 Å². The number of halogens is 1. The molecule has 2 aromatic rings. The summed E-state index contributed by atoms with van der Waals surface area (Å²) in [5, 5.41) is 20.3. The molecule has 94 valence electrons. The zero-order chi connectivity index (χ0) is 13.1. The average Bonchev–Trinajstić information content (AvgIpc) is 2.76. The first-order valence-corrected chi connectivity index (χ1v) is 5.32. The molecular formula is C10H9ClN4O3. The molecule has 0 atom stereocenters. The smallest absolute Gasteiger partial charge is 0.311 e. The molecular weight excluding hydrogens is 260 g/mol. The van der Waals surface area contributed by atoms with Gasteiger partial charge < -0.3 is 9.84 Å². The minimum absolute atomic E-state index is 0.134. The monoisotopic (exact) mass is 268 g/mol. The number of benzene rings is 1. The first-order chi connectivity index (χ1) is 8.60. The van der Waals surface area contributed by atoms with E-state index in [2.05, 4.69) is 15.4 Å². The Bertz CT molecular complexity index is 584. The van der Waals surface area contributed by atoms with Crippen LogP contribution in [0.5, 0.6) is 5.75 Å². The Morgan fingerprint density at radius 2 is 2.33 bits per heavy atom. The maximum atomic E-state index is 10.5. The normalized spacial score (nSPS) is 10.3. The van der Waals surface area contributed by atoms with Crippen molar-refractivity contribution >= 4 is 17.6 Å². The summed E-state index contributed by atoms with van der Waals surface area (Å²) in [4.78, 5) is 11.7. The average molecular weight is 269 g/mol. The van der Waals surface area contributed by atoms with Gasteiger partial charge in [0.25, 0.3) is 0 Å².